The molecule has 6 rings (SSSR count). The molecule has 0 bridgehead atoms. The monoisotopic (exact) mass is 513 g/mol. The van der Waals surface area contributed by atoms with E-state index in [1.165, 1.54) is 17.7 Å². The molecule has 3 fully saturated rings. The van der Waals surface area contributed by atoms with Crippen molar-refractivity contribution < 1.29 is 14.3 Å². The van der Waals surface area contributed by atoms with Gasteiger partial charge in [0.25, 0.3) is 5.91 Å². The lowest BCUT2D eigenvalue weighted by Crippen LogP contribution is -2.39. The number of morpholine rings is 1. The van der Waals surface area contributed by atoms with E-state index in [4.69, 9.17) is 4.74 Å². The van der Waals surface area contributed by atoms with E-state index in [2.05, 4.69) is 35.6 Å². The van der Waals surface area contributed by atoms with Crippen LogP contribution >= 0.6 is 11.3 Å². The molecule has 3 heterocycles. The average molecular weight is 514 g/mol. The van der Waals surface area contributed by atoms with Crippen LogP contribution in [0.15, 0.2) is 6.33 Å². The second-order valence-corrected chi connectivity index (χ2v) is 11.6. The van der Waals surface area contributed by atoms with E-state index in [0.717, 1.165) is 88.0 Å². The highest BCUT2D eigenvalue weighted by molar-refractivity contribution is 7.17. The van der Waals surface area contributed by atoms with Crippen molar-refractivity contribution >= 4 is 34.1 Å². The number of rotatable bonds is 10. The average Bonchev–Trinajstić information content (AvgIpc) is 3.82. The molecule has 3 aliphatic carbocycles. The van der Waals surface area contributed by atoms with Crippen LogP contribution in [0.3, 0.4) is 0 Å². The van der Waals surface area contributed by atoms with E-state index >= 15 is 0 Å². The first-order valence-corrected chi connectivity index (χ1v) is 14.1. The molecule has 0 radical (unpaired) electrons. The third kappa shape index (κ3) is 5.42. The molecule has 2 aromatic rings. The summed E-state index contributed by atoms with van der Waals surface area (Å²) >= 11 is 1.58. The van der Waals surface area contributed by atoms with Crippen molar-refractivity contribution in [3.63, 3.8) is 0 Å². The fourth-order valence-electron chi connectivity index (χ4n) is 5.12. The number of aromatic nitrogens is 3. The summed E-state index contributed by atoms with van der Waals surface area (Å²) in [6.45, 7) is 5.95. The van der Waals surface area contributed by atoms with Gasteiger partial charge in [0.2, 0.25) is 11.9 Å². The molecule has 4 aliphatic rings. The Hall–Kier alpha value is -2.50. The zero-order valence-electron chi connectivity index (χ0n) is 20.6. The van der Waals surface area contributed by atoms with E-state index in [0.29, 0.717) is 18.0 Å². The molecule has 1 saturated heterocycles. The summed E-state index contributed by atoms with van der Waals surface area (Å²) < 4.78 is 7.55. The van der Waals surface area contributed by atoms with Crippen molar-refractivity contribution in [3.05, 3.63) is 22.3 Å². The summed E-state index contributed by atoms with van der Waals surface area (Å²) in [5, 5.41) is 18.9. The van der Waals surface area contributed by atoms with Crippen LogP contribution in [0.5, 0.6) is 0 Å². The van der Waals surface area contributed by atoms with Gasteiger partial charge < -0.3 is 20.7 Å². The maximum Gasteiger partial charge on any atom is 0.254 e. The molecule has 2 aromatic heterocycles. The van der Waals surface area contributed by atoms with Crippen molar-refractivity contribution in [3.8, 4) is 0 Å². The third-order valence-corrected chi connectivity index (χ3v) is 8.88. The molecule has 0 unspecified atom stereocenters. The Labute approximate surface area is 215 Å². The summed E-state index contributed by atoms with van der Waals surface area (Å²) in [5.74, 6) is 1.46. The maximum atomic E-state index is 13.3. The van der Waals surface area contributed by atoms with Crippen molar-refractivity contribution in [2.24, 2.45) is 11.8 Å². The zero-order chi connectivity index (χ0) is 24.5. The van der Waals surface area contributed by atoms with Gasteiger partial charge in [-0.15, -0.1) is 21.5 Å². The molecular weight excluding hydrogens is 478 g/mol. The van der Waals surface area contributed by atoms with Crippen molar-refractivity contribution in [1.82, 2.24) is 25.0 Å². The predicted molar refractivity (Wildman–Crippen MR) is 138 cm³/mol. The van der Waals surface area contributed by atoms with Crippen molar-refractivity contribution in [1.29, 1.82) is 0 Å². The van der Waals surface area contributed by atoms with Crippen LogP contribution in [-0.2, 0) is 22.4 Å². The first-order chi connectivity index (χ1) is 17.7. The van der Waals surface area contributed by atoms with Crippen LogP contribution in [0.25, 0.3) is 0 Å². The Morgan fingerprint density at radius 1 is 1.14 bits per heavy atom. The molecule has 0 aromatic carbocycles. The topological polar surface area (TPSA) is 113 Å². The highest BCUT2D eigenvalue weighted by atomic mass is 32.1. The molecule has 11 heteroatoms. The van der Waals surface area contributed by atoms with Gasteiger partial charge in [-0.1, -0.05) is 0 Å². The van der Waals surface area contributed by atoms with E-state index < -0.39 is 0 Å². The van der Waals surface area contributed by atoms with Gasteiger partial charge in [0.1, 0.15) is 11.3 Å². The van der Waals surface area contributed by atoms with Crippen molar-refractivity contribution in [2.45, 2.75) is 51.0 Å². The van der Waals surface area contributed by atoms with Gasteiger partial charge in [-0.05, 0) is 56.4 Å². The Morgan fingerprint density at radius 2 is 1.97 bits per heavy atom. The number of anilines is 2. The fourth-order valence-corrected chi connectivity index (χ4v) is 6.37. The zero-order valence-corrected chi connectivity index (χ0v) is 21.4. The number of thiophene rings is 1. The number of aryl methyl sites for hydroxylation is 1. The van der Waals surface area contributed by atoms with E-state index in [9.17, 15) is 9.59 Å². The molecule has 3 N–H and O–H groups in total. The van der Waals surface area contributed by atoms with Gasteiger partial charge in [0.15, 0.2) is 0 Å². The Kier molecular flexibility index (Phi) is 6.94. The summed E-state index contributed by atoms with van der Waals surface area (Å²) in [6, 6.07) is 0.162. The number of carbonyl (C=O) groups excluding carboxylic acids is 2. The summed E-state index contributed by atoms with van der Waals surface area (Å²) in [5.41, 5.74) is 1.74. The second-order valence-electron chi connectivity index (χ2n) is 10.5. The minimum Gasteiger partial charge on any atom is -0.379 e. The number of nitrogens with zero attached hydrogens (tertiary/aromatic N) is 4. The van der Waals surface area contributed by atoms with Gasteiger partial charge in [-0.25, -0.2) is 0 Å². The van der Waals surface area contributed by atoms with Gasteiger partial charge >= 0.3 is 0 Å². The van der Waals surface area contributed by atoms with E-state index in [-0.39, 0.29) is 23.8 Å². The lowest BCUT2D eigenvalue weighted by atomic mass is 9.91. The molecule has 0 spiro atoms. The predicted octanol–water partition coefficient (Wildman–Crippen LogP) is 2.30. The number of fused-ring (bicyclic) bond motifs is 1. The maximum absolute atomic E-state index is 13.3. The van der Waals surface area contributed by atoms with Gasteiger partial charge in [0.05, 0.1) is 18.8 Å². The van der Waals surface area contributed by atoms with E-state index in [1.807, 2.05) is 0 Å². The number of hydrogen-bond acceptors (Lipinski definition) is 8. The molecule has 1 aliphatic heterocycles. The summed E-state index contributed by atoms with van der Waals surface area (Å²) in [6.07, 6.45) is 8.60. The molecule has 2 saturated carbocycles. The third-order valence-electron chi connectivity index (χ3n) is 7.68. The normalized spacial score (nSPS) is 22.2. The minimum absolute atomic E-state index is 0.0481. The highest BCUT2D eigenvalue weighted by Crippen LogP contribution is 2.42. The van der Waals surface area contributed by atoms with Gasteiger partial charge in [0, 0.05) is 49.6 Å². The first kappa shape index (κ1) is 23.9. The second kappa shape index (κ2) is 10.5. The number of amides is 2. The molecule has 10 nitrogen and oxygen atoms in total. The first-order valence-electron chi connectivity index (χ1n) is 13.3. The summed E-state index contributed by atoms with van der Waals surface area (Å²) in [4.78, 5) is 29.5. The van der Waals surface area contributed by atoms with Gasteiger partial charge in [-0.2, -0.15) is 0 Å². The molecule has 2 amide bonds. The lowest BCUT2D eigenvalue weighted by molar-refractivity contribution is -0.117. The van der Waals surface area contributed by atoms with Crippen LogP contribution in [-0.4, -0.2) is 77.4 Å². The Balaban J connectivity index is 1.17. The standard InChI is InChI=1S/C25H35N7O3S/c33-22(17-3-4-17)29-24-21(23(34)27-14-16-1-2-16)19-13-18(5-6-20(19)36-24)32-15-28-30-25(32)26-7-8-31-9-11-35-12-10-31/h15-18H,1-14H2,(H,26,30)(H,27,34)(H,29,33)/t18-/m0/s1. The molecule has 36 heavy (non-hydrogen) atoms. The lowest BCUT2D eigenvalue weighted by Gasteiger charge is -2.27. The van der Waals surface area contributed by atoms with Crippen molar-refractivity contribution in [2.75, 3.05) is 56.6 Å². The minimum atomic E-state index is -0.0567. The van der Waals surface area contributed by atoms with Crippen LogP contribution in [0.1, 0.15) is 58.9 Å². The number of hydrogen-bond donors (Lipinski definition) is 3. The van der Waals surface area contributed by atoms with Crippen LogP contribution in [0.2, 0.25) is 0 Å². The highest BCUT2D eigenvalue weighted by Gasteiger charge is 2.35. The fraction of sp³-hybridized carbons (Fsp3) is 0.680. The smallest absolute Gasteiger partial charge is 0.254 e. The number of nitrogens with one attached hydrogen (secondary N) is 3. The Morgan fingerprint density at radius 3 is 2.75 bits per heavy atom. The molecular formula is C25H35N7O3S. The quantitative estimate of drug-likeness (QED) is 0.447. The Bertz CT molecular complexity index is 1100. The molecule has 194 valence electrons. The SMILES string of the molecule is O=C(NCC1CC1)c1c(NC(=O)C2CC2)sc2c1C[C@@H](n1cnnc1NCCN1CCOCC1)CC2. The number of ether oxygens (including phenoxy) is 1. The van der Waals surface area contributed by atoms with Gasteiger partial charge in [-0.3, -0.25) is 19.1 Å². The van der Waals surface area contributed by atoms with Crippen LogP contribution < -0.4 is 16.0 Å². The molecule has 1 atom stereocenters. The summed E-state index contributed by atoms with van der Waals surface area (Å²) in [7, 11) is 0. The largest absolute Gasteiger partial charge is 0.379 e. The number of carbonyl (C=O) groups is 2. The van der Waals surface area contributed by atoms with E-state index in [1.54, 1.807) is 17.7 Å². The van der Waals surface area contributed by atoms with Crippen LogP contribution in [0.4, 0.5) is 10.9 Å². The van der Waals surface area contributed by atoms with Crippen LogP contribution in [0, 0.1) is 11.8 Å².